The smallest absolute Gasteiger partial charge is 0.229 e. The Labute approximate surface area is 146 Å². The average molecular weight is 343 g/mol. The molecule has 0 aromatic heterocycles. The van der Waals surface area contributed by atoms with Gasteiger partial charge in [0.2, 0.25) is 11.8 Å². The standard InChI is InChI=1S/C19H19ClN2O2/c1-12-7-8-15(20)10-16(12)21-19(24)14-9-18(23)22(11-14)17-6-4-3-5-13(17)2/h3-8,10,14H,9,11H2,1-2H3,(H,21,24)/t14-/m1/s1. The van der Waals surface area contributed by atoms with E-state index in [9.17, 15) is 9.59 Å². The number of hydrogen-bond acceptors (Lipinski definition) is 2. The lowest BCUT2D eigenvalue weighted by molar-refractivity contribution is -0.122. The Morgan fingerprint density at radius 2 is 1.92 bits per heavy atom. The van der Waals surface area contributed by atoms with Gasteiger partial charge in [-0.3, -0.25) is 9.59 Å². The van der Waals surface area contributed by atoms with Crippen molar-refractivity contribution in [2.24, 2.45) is 5.92 Å². The highest BCUT2D eigenvalue weighted by Crippen LogP contribution is 2.29. The topological polar surface area (TPSA) is 49.4 Å². The summed E-state index contributed by atoms with van der Waals surface area (Å²) in [6.45, 7) is 4.27. The summed E-state index contributed by atoms with van der Waals surface area (Å²) in [5.41, 5.74) is 3.52. The third kappa shape index (κ3) is 3.29. The quantitative estimate of drug-likeness (QED) is 0.918. The van der Waals surface area contributed by atoms with Crippen LogP contribution in [0.2, 0.25) is 5.02 Å². The van der Waals surface area contributed by atoms with Gasteiger partial charge in [0.15, 0.2) is 0 Å². The number of rotatable bonds is 3. The molecule has 0 bridgehead atoms. The van der Waals surface area contributed by atoms with Crippen LogP contribution in [-0.4, -0.2) is 18.4 Å². The van der Waals surface area contributed by atoms with Crippen molar-refractivity contribution < 1.29 is 9.59 Å². The molecular formula is C19H19ClN2O2. The number of carbonyl (C=O) groups excluding carboxylic acids is 2. The van der Waals surface area contributed by atoms with Gasteiger partial charge < -0.3 is 10.2 Å². The molecule has 1 saturated heterocycles. The Morgan fingerprint density at radius 3 is 2.67 bits per heavy atom. The minimum atomic E-state index is -0.365. The molecule has 2 amide bonds. The molecule has 124 valence electrons. The Bertz CT molecular complexity index is 804. The van der Waals surface area contributed by atoms with E-state index in [2.05, 4.69) is 5.32 Å². The lowest BCUT2D eigenvalue weighted by Gasteiger charge is -2.19. The molecule has 1 heterocycles. The van der Waals surface area contributed by atoms with E-state index in [1.54, 1.807) is 17.0 Å². The summed E-state index contributed by atoms with van der Waals surface area (Å²) in [5, 5.41) is 3.47. The largest absolute Gasteiger partial charge is 0.325 e. The van der Waals surface area contributed by atoms with Crippen molar-refractivity contribution in [2.75, 3.05) is 16.8 Å². The van der Waals surface area contributed by atoms with E-state index in [1.807, 2.05) is 44.2 Å². The van der Waals surface area contributed by atoms with Crippen LogP contribution in [-0.2, 0) is 9.59 Å². The molecular weight excluding hydrogens is 324 g/mol. The number of nitrogens with zero attached hydrogens (tertiary/aromatic N) is 1. The fourth-order valence-corrected chi connectivity index (χ4v) is 3.12. The van der Waals surface area contributed by atoms with Crippen LogP contribution in [0.25, 0.3) is 0 Å². The van der Waals surface area contributed by atoms with Gasteiger partial charge in [-0.1, -0.05) is 35.9 Å². The molecule has 5 heteroatoms. The van der Waals surface area contributed by atoms with Gasteiger partial charge in [-0.2, -0.15) is 0 Å². The van der Waals surface area contributed by atoms with Crippen molar-refractivity contribution in [3.63, 3.8) is 0 Å². The second-order valence-electron chi connectivity index (χ2n) is 6.14. The Morgan fingerprint density at radius 1 is 1.17 bits per heavy atom. The number of anilines is 2. The van der Waals surface area contributed by atoms with Crippen LogP contribution < -0.4 is 10.2 Å². The van der Waals surface area contributed by atoms with Crippen LogP contribution in [0, 0.1) is 19.8 Å². The maximum atomic E-state index is 12.6. The van der Waals surface area contributed by atoms with Gasteiger partial charge in [0.25, 0.3) is 0 Å². The number of benzene rings is 2. The molecule has 0 spiro atoms. The van der Waals surface area contributed by atoms with E-state index in [1.165, 1.54) is 0 Å². The van der Waals surface area contributed by atoms with Crippen LogP contribution in [0.1, 0.15) is 17.5 Å². The van der Waals surface area contributed by atoms with Gasteiger partial charge in [0.05, 0.1) is 5.92 Å². The molecule has 3 rings (SSSR count). The first-order valence-electron chi connectivity index (χ1n) is 7.88. The zero-order chi connectivity index (χ0) is 17.3. The number of para-hydroxylation sites is 1. The summed E-state index contributed by atoms with van der Waals surface area (Å²) in [5.74, 6) is -0.535. The molecule has 0 radical (unpaired) electrons. The number of halogens is 1. The predicted molar refractivity (Wildman–Crippen MR) is 96.5 cm³/mol. The predicted octanol–water partition coefficient (Wildman–Crippen LogP) is 3.95. The molecule has 24 heavy (non-hydrogen) atoms. The van der Waals surface area contributed by atoms with Gasteiger partial charge >= 0.3 is 0 Å². The van der Waals surface area contributed by atoms with Crippen molar-refractivity contribution >= 4 is 34.8 Å². The minimum absolute atomic E-state index is 0.0210. The first-order valence-corrected chi connectivity index (χ1v) is 8.26. The number of hydrogen-bond donors (Lipinski definition) is 1. The fraction of sp³-hybridized carbons (Fsp3) is 0.263. The van der Waals surface area contributed by atoms with Crippen LogP contribution in [0.3, 0.4) is 0 Å². The monoisotopic (exact) mass is 342 g/mol. The van der Waals surface area contributed by atoms with Gasteiger partial charge in [-0.15, -0.1) is 0 Å². The molecule has 1 aliphatic heterocycles. The van der Waals surface area contributed by atoms with Crippen LogP contribution in [0.5, 0.6) is 0 Å². The maximum absolute atomic E-state index is 12.6. The molecule has 0 aliphatic carbocycles. The summed E-state index contributed by atoms with van der Waals surface area (Å²) < 4.78 is 0. The highest BCUT2D eigenvalue weighted by Gasteiger charge is 2.35. The van der Waals surface area contributed by atoms with Gasteiger partial charge in [-0.25, -0.2) is 0 Å². The van der Waals surface area contributed by atoms with Crippen molar-refractivity contribution in [2.45, 2.75) is 20.3 Å². The zero-order valence-corrected chi connectivity index (χ0v) is 14.4. The molecule has 1 fully saturated rings. The summed E-state index contributed by atoms with van der Waals surface area (Å²) in [4.78, 5) is 26.6. The molecule has 2 aromatic rings. The molecule has 1 N–H and O–H groups in total. The normalized spacial score (nSPS) is 17.2. The van der Waals surface area contributed by atoms with E-state index in [-0.39, 0.29) is 24.2 Å². The first kappa shape index (κ1) is 16.5. The van der Waals surface area contributed by atoms with Crippen molar-refractivity contribution in [3.8, 4) is 0 Å². The third-order valence-electron chi connectivity index (χ3n) is 4.36. The van der Waals surface area contributed by atoms with Crippen LogP contribution in [0.15, 0.2) is 42.5 Å². The Hall–Kier alpha value is -2.33. The zero-order valence-electron chi connectivity index (χ0n) is 13.7. The van der Waals surface area contributed by atoms with Gasteiger partial charge in [0, 0.05) is 29.4 Å². The minimum Gasteiger partial charge on any atom is -0.325 e. The Balaban J connectivity index is 1.75. The highest BCUT2D eigenvalue weighted by atomic mass is 35.5. The summed E-state index contributed by atoms with van der Waals surface area (Å²) in [6.07, 6.45) is 0.222. The SMILES string of the molecule is Cc1ccc(Cl)cc1NC(=O)[C@@H]1CC(=O)N(c2ccccc2C)C1. The van der Waals surface area contributed by atoms with E-state index >= 15 is 0 Å². The van der Waals surface area contributed by atoms with Crippen molar-refractivity contribution in [1.82, 2.24) is 0 Å². The summed E-state index contributed by atoms with van der Waals surface area (Å²) >= 11 is 5.99. The van der Waals surface area contributed by atoms with Gasteiger partial charge in [-0.05, 0) is 43.2 Å². The van der Waals surface area contributed by atoms with Gasteiger partial charge in [0.1, 0.15) is 0 Å². The van der Waals surface area contributed by atoms with Crippen LogP contribution in [0.4, 0.5) is 11.4 Å². The van der Waals surface area contributed by atoms with E-state index < -0.39 is 0 Å². The summed E-state index contributed by atoms with van der Waals surface area (Å²) in [7, 11) is 0. The molecule has 2 aromatic carbocycles. The highest BCUT2D eigenvalue weighted by molar-refractivity contribution is 6.31. The van der Waals surface area contributed by atoms with E-state index in [0.29, 0.717) is 17.3 Å². The molecule has 0 saturated carbocycles. The fourth-order valence-electron chi connectivity index (χ4n) is 2.95. The number of carbonyl (C=O) groups is 2. The lowest BCUT2D eigenvalue weighted by Crippen LogP contribution is -2.28. The Kier molecular flexibility index (Phi) is 4.58. The molecule has 1 atom stereocenters. The number of nitrogens with one attached hydrogen (secondary N) is 1. The van der Waals surface area contributed by atoms with E-state index in [4.69, 9.17) is 11.6 Å². The second-order valence-corrected chi connectivity index (χ2v) is 6.58. The number of amides is 2. The molecule has 4 nitrogen and oxygen atoms in total. The maximum Gasteiger partial charge on any atom is 0.229 e. The number of aryl methyl sites for hydroxylation is 2. The molecule has 1 aliphatic rings. The van der Waals surface area contributed by atoms with Crippen LogP contribution >= 0.6 is 11.6 Å². The third-order valence-corrected chi connectivity index (χ3v) is 4.59. The molecule has 0 unspecified atom stereocenters. The summed E-state index contributed by atoms with van der Waals surface area (Å²) in [6, 6.07) is 13.1. The lowest BCUT2D eigenvalue weighted by atomic mass is 10.1. The van der Waals surface area contributed by atoms with Crippen molar-refractivity contribution in [3.05, 3.63) is 58.6 Å². The average Bonchev–Trinajstić information content (AvgIpc) is 2.93. The van der Waals surface area contributed by atoms with Crippen molar-refractivity contribution in [1.29, 1.82) is 0 Å². The second kappa shape index (κ2) is 6.65. The van der Waals surface area contributed by atoms with E-state index in [0.717, 1.165) is 16.8 Å². The first-order chi connectivity index (χ1) is 11.5.